The van der Waals surface area contributed by atoms with E-state index in [9.17, 15) is 13.2 Å². The molecule has 1 amide bonds. The maximum absolute atomic E-state index is 13.5. The Bertz CT molecular complexity index is 1250. The van der Waals surface area contributed by atoms with Gasteiger partial charge in [0.05, 0.1) is 11.4 Å². The van der Waals surface area contributed by atoms with E-state index in [1.54, 1.807) is 41.3 Å². The van der Waals surface area contributed by atoms with E-state index in [1.807, 2.05) is 18.2 Å². The first kappa shape index (κ1) is 25.7. The van der Waals surface area contributed by atoms with Crippen molar-refractivity contribution in [1.82, 2.24) is 9.21 Å². The molecule has 5 nitrogen and oxygen atoms in total. The Morgan fingerprint density at radius 1 is 0.914 bits per heavy atom. The van der Waals surface area contributed by atoms with Crippen LogP contribution in [0.15, 0.2) is 83.8 Å². The van der Waals surface area contributed by atoms with Crippen LogP contribution < -0.4 is 0 Å². The minimum atomic E-state index is -3.92. The highest BCUT2D eigenvalue weighted by Crippen LogP contribution is 2.26. The summed E-state index contributed by atoms with van der Waals surface area (Å²) in [5.74, 6) is 0.311. The van der Waals surface area contributed by atoms with E-state index in [0.717, 1.165) is 19.3 Å². The van der Waals surface area contributed by atoms with E-state index in [4.69, 9.17) is 23.2 Å². The van der Waals surface area contributed by atoms with Gasteiger partial charge in [0.2, 0.25) is 15.9 Å². The normalized spacial score (nSPS) is 14.9. The largest absolute Gasteiger partial charge is 0.342 e. The first-order valence-electron chi connectivity index (χ1n) is 11.6. The first-order valence-corrected chi connectivity index (χ1v) is 13.8. The molecule has 1 heterocycles. The Balaban J connectivity index is 1.47. The van der Waals surface area contributed by atoms with Crippen molar-refractivity contribution < 1.29 is 13.2 Å². The summed E-state index contributed by atoms with van der Waals surface area (Å²) < 4.78 is 28.2. The lowest BCUT2D eigenvalue weighted by Crippen LogP contribution is -2.45. The Hall–Kier alpha value is -2.38. The Morgan fingerprint density at radius 3 is 2.17 bits per heavy atom. The molecular formula is C27H28Cl2N2O3S. The first-order chi connectivity index (χ1) is 16.8. The summed E-state index contributed by atoms with van der Waals surface area (Å²) in [4.78, 5) is 15.2. The summed E-state index contributed by atoms with van der Waals surface area (Å²) in [7, 11) is -3.92. The van der Waals surface area contributed by atoms with E-state index in [2.05, 4.69) is 12.1 Å². The number of sulfonamides is 1. The predicted octanol–water partition coefficient (Wildman–Crippen LogP) is 5.67. The van der Waals surface area contributed by atoms with Crippen molar-refractivity contribution in [2.45, 2.75) is 30.7 Å². The van der Waals surface area contributed by atoms with Crippen LogP contribution in [0.4, 0.5) is 0 Å². The fourth-order valence-electron chi connectivity index (χ4n) is 4.39. The molecule has 0 unspecified atom stereocenters. The topological polar surface area (TPSA) is 57.7 Å². The van der Waals surface area contributed by atoms with Crippen molar-refractivity contribution in [2.75, 3.05) is 19.6 Å². The maximum atomic E-state index is 13.5. The van der Waals surface area contributed by atoms with Crippen molar-refractivity contribution in [3.63, 3.8) is 0 Å². The standard InChI is InChI=1S/C27H28Cl2N2O3S/c28-24-12-11-23(26(29)18-24)19-31(35(33,34)25-9-5-2-6-10-25)20-27(32)30-15-13-22(14-16-30)17-21-7-3-1-4-8-21/h1-12,18,22H,13-17,19-20H2. The van der Waals surface area contributed by atoms with Gasteiger partial charge in [-0.25, -0.2) is 8.42 Å². The van der Waals surface area contributed by atoms with Crippen molar-refractivity contribution in [3.8, 4) is 0 Å². The molecule has 0 aliphatic carbocycles. The molecule has 0 spiro atoms. The van der Waals surface area contributed by atoms with Gasteiger partial charge in [0.25, 0.3) is 0 Å². The molecule has 1 aliphatic heterocycles. The minimum Gasteiger partial charge on any atom is -0.342 e. The molecule has 184 valence electrons. The fraction of sp³-hybridized carbons (Fsp3) is 0.296. The van der Waals surface area contributed by atoms with Crippen LogP contribution in [-0.2, 0) is 27.8 Å². The summed E-state index contributed by atoms with van der Waals surface area (Å²) in [5, 5.41) is 0.825. The van der Waals surface area contributed by atoms with E-state index in [-0.39, 0.29) is 23.9 Å². The highest BCUT2D eigenvalue weighted by molar-refractivity contribution is 7.89. The number of nitrogens with zero attached hydrogens (tertiary/aromatic N) is 2. The summed E-state index contributed by atoms with van der Waals surface area (Å²) in [5.41, 5.74) is 1.89. The molecule has 0 radical (unpaired) electrons. The van der Waals surface area contributed by atoms with Gasteiger partial charge in [-0.05, 0) is 60.6 Å². The number of carbonyl (C=O) groups excluding carboxylic acids is 1. The molecule has 35 heavy (non-hydrogen) atoms. The molecule has 4 rings (SSSR count). The third-order valence-electron chi connectivity index (χ3n) is 6.39. The molecule has 0 saturated carbocycles. The number of halogens is 2. The lowest BCUT2D eigenvalue weighted by atomic mass is 9.90. The molecule has 8 heteroatoms. The summed E-state index contributed by atoms with van der Waals surface area (Å²) in [6, 6.07) is 23.4. The Kier molecular flexibility index (Phi) is 8.50. The lowest BCUT2D eigenvalue weighted by molar-refractivity contribution is -0.132. The highest BCUT2D eigenvalue weighted by atomic mass is 35.5. The summed E-state index contributed by atoms with van der Waals surface area (Å²) in [6.07, 6.45) is 2.79. The minimum absolute atomic E-state index is 0.0244. The van der Waals surface area contributed by atoms with E-state index >= 15 is 0 Å². The Morgan fingerprint density at radius 2 is 1.54 bits per heavy atom. The second-order valence-electron chi connectivity index (χ2n) is 8.84. The summed E-state index contributed by atoms with van der Waals surface area (Å²) >= 11 is 12.3. The molecular weight excluding hydrogens is 503 g/mol. The second-order valence-corrected chi connectivity index (χ2v) is 11.6. The molecule has 3 aromatic rings. The fourth-order valence-corrected chi connectivity index (χ4v) is 6.25. The molecule has 1 aliphatic rings. The van der Waals surface area contributed by atoms with Crippen LogP contribution in [0.5, 0.6) is 0 Å². The van der Waals surface area contributed by atoms with Crippen molar-refractivity contribution >= 4 is 39.1 Å². The second kappa shape index (κ2) is 11.6. The smallest absolute Gasteiger partial charge is 0.243 e. The molecule has 1 fully saturated rings. The zero-order valence-electron chi connectivity index (χ0n) is 19.3. The van der Waals surface area contributed by atoms with Crippen LogP contribution in [0.1, 0.15) is 24.0 Å². The van der Waals surface area contributed by atoms with Crippen LogP contribution in [0.25, 0.3) is 0 Å². The van der Waals surface area contributed by atoms with Gasteiger partial charge < -0.3 is 4.90 Å². The van der Waals surface area contributed by atoms with E-state index < -0.39 is 10.0 Å². The number of hydrogen-bond donors (Lipinski definition) is 0. The number of rotatable bonds is 8. The van der Waals surface area contributed by atoms with E-state index in [0.29, 0.717) is 34.6 Å². The number of piperidine rings is 1. The molecule has 0 aromatic heterocycles. The van der Waals surface area contributed by atoms with E-state index in [1.165, 1.54) is 22.0 Å². The Labute approximate surface area is 217 Å². The highest BCUT2D eigenvalue weighted by Gasteiger charge is 2.30. The monoisotopic (exact) mass is 530 g/mol. The number of likely N-dealkylation sites (tertiary alicyclic amines) is 1. The van der Waals surface area contributed by atoms with Gasteiger partial charge in [0.1, 0.15) is 0 Å². The third-order valence-corrected chi connectivity index (χ3v) is 8.78. The zero-order chi connectivity index (χ0) is 24.8. The van der Waals surface area contributed by atoms with Gasteiger partial charge in [0.15, 0.2) is 0 Å². The quantitative estimate of drug-likeness (QED) is 0.377. The number of carbonyl (C=O) groups is 1. The van der Waals surface area contributed by atoms with Gasteiger partial charge in [-0.3, -0.25) is 4.79 Å². The molecule has 0 N–H and O–H groups in total. The zero-order valence-corrected chi connectivity index (χ0v) is 21.6. The molecule has 1 saturated heterocycles. The van der Waals surface area contributed by atoms with Gasteiger partial charge >= 0.3 is 0 Å². The number of benzene rings is 3. The van der Waals surface area contributed by atoms with Gasteiger partial charge in [-0.1, -0.05) is 77.8 Å². The predicted molar refractivity (Wildman–Crippen MR) is 140 cm³/mol. The molecule has 0 bridgehead atoms. The van der Waals surface area contributed by atoms with Crippen LogP contribution in [-0.4, -0.2) is 43.2 Å². The van der Waals surface area contributed by atoms with Crippen molar-refractivity contribution in [2.24, 2.45) is 5.92 Å². The van der Waals surface area contributed by atoms with Crippen LogP contribution in [0.2, 0.25) is 10.0 Å². The van der Waals surface area contributed by atoms with Gasteiger partial charge in [-0.2, -0.15) is 4.31 Å². The SMILES string of the molecule is O=C(CN(Cc1ccc(Cl)cc1Cl)S(=O)(=O)c1ccccc1)N1CCC(Cc2ccccc2)CC1. The number of hydrogen-bond acceptors (Lipinski definition) is 3. The van der Waals surface area contributed by atoms with Crippen molar-refractivity contribution in [1.29, 1.82) is 0 Å². The molecule has 3 aromatic carbocycles. The van der Waals surface area contributed by atoms with Crippen molar-refractivity contribution in [3.05, 3.63) is 100 Å². The summed E-state index contributed by atoms with van der Waals surface area (Å²) in [6.45, 7) is 0.970. The average molecular weight is 532 g/mol. The third kappa shape index (κ3) is 6.64. The number of amides is 1. The van der Waals surface area contributed by atoms with Gasteiger partial charge in [-0.15, -0.1) is 0 Å². The van der Waals surface area contributed by atoms with Crippen LogP contribution in [0, 0.1) is 5.92 Å². The lowest BCUT2D eigenvalue weighted by Gasteiger charge is -2.33. The molecule has 0 atom stereocenters. The average Bonchev–Trinajstić information content (AvgIpc) is 2.86. The van der Waals surface area contributed by atoms with Crippen LogP contribution in [0.3, 0.4) is 0 Å². The maximum Gasteiger partial charge on any atom is 0.243 e. The van der Waals surface area contributed by atoms with Crippen LogP contribution >= 0.6 is 23.2 Å². The van der Waals surface area contributed by atoms with Gasteiger partial charge in [0, 0.05) is 29.7 Å².